The van der Waals surface area contributed by atoms with Crippen LogP contribution in [-0.2, 0) is 0 Å². The molecule has 2 heterocycles. The molecule has 1 saturated heterocycles. The van der Waals surface area contributed by atoms with Gasteiger partial charge in [-0.2, -0.15) is 4.98 Å². The predicted octanol–water partition coefficient (Wildman–Crippen LogP) is 1.92. The van der Waals surface area contributed by atoms with Crippen LogP contribution in [0.2, 0.25) is 0 Å². The first-order valence-corrected chi connectivity index (χ1v) is 6.53. The van der Waals surface area contributed by atoms with Crippen molar-refractivity contribution in [1.29, 1.82) is 0 Å². The number of likely N-dealkylation sites (N-methyl/N-ethyl adjacent to an activating group) is 1. The van der Waals surface area contributed by atoms with Crippen LogP contribution in [0.4, 0.5) is 4.39 Å². The molecule has 0 radical (unpaired) electrons. The van der Waals surface area contributed by atoms with E-state index in [0.717, 1.165) is 0 Å². The van der Waals surface area contributed by atoms with Gasteiger partial charge in [0.1, 0.15) is 5.82 Å². The van der Waals surface area contributed by atoms with Crippen LogP contribution in [0.3, 0.4) is 0 Å². The molecule has 6 heteroatoms. The fourth-order valence-electron chi connectivity index (χ4n) is 2.48. The number of hydrogen-bond acceptors (Lipinski definition) is 5. The lowest BCUT2D eigenvalue weighted by atomic mass is 10.1. The summed E-state index contributed by atoms with van der Waals surface area (Å²) in [4.78, 5) is 6.29. The first kappa shape index (κ1) is 13.2. The molecule has 3 rings (SSSR count). The highest BCUT2D eigenvalue weighted by Gasteiger charge is 2.33. The summed E-state index contributed by atoms with van der Waals surface area (Å²) in [6.45, 7) is 2.29. The first-order valence-electron chi connectivity index (χ1n) is 6.53. The highest BCUT2D eigenvalue weighted by Crippen LogP contribution is 2.30. The fourth-order valence-corrected chi connectivity index (χ4v) is 2.48. The Labute approximate surface area is 116 Å². The van der Waals surface area contributed by atoms with Crippen LogP contribution >= 0.6 is 0 Å². The van der Waals surface area contributed by atoms with E-state index in [9.17, 15) is 9.50 Å². The summed E-state index contributed by atoms with van der Waals surface area (Å²) in [7, 11) is 1.90. The molecule has 1 aromatic carbocycles. The van der Waals surface area contributed by atoms with Gasteiger partial charge in [-0.1, -0.05) is 17.3 Å². The van der Waals surface area contributed by atoms with Gasteiger partial charge in [0.2, 0.25) is 11.7 Å². The maximum Gasteiger partial charge on any atom is 0.244 e. The van der Waals surface area contributed by atoms with Crippen LogP contribution in [0.15, 0.2) is 22.7 Å². The molecule has 1 fully saturated rings. The van der Waals surface area contributed by atoms with Crippen molar-refractivity contribution in [2.75, 3.05) is 13.6 Å². The number of hydrogen-bond donors (Lipinski definition) is 1. The van der Waals surface area contributed by atoms with Gasteiger partial charge in [0.15, 0.2) is 0 Å². The second-order valence-electron chi connectivity index (χ2n) is 5.27. The van der Waals surface area contributed by atoms with Crippen LogP contribution in [0, 0.1) is 12.7 Å². The minimum Gasteiger partial charge on any atom is -0.392 e. The van der Waals surface area contributed by atoms with Crippen molar-refractivity contribution in [2.45, 2.75) is 25.5 Å². The molecule has 1 aliphatic rings. The van der Waals surface area contributed by atoms with E-state index < -0.39 is 0 Å². The van der Waals surface area contributed by atoms with Crippen molar-refractivity contribution in [3.05, 3.63) is 35.5 Å². The van der Waals surface area contributed by atoms with Gasteiger partial charge in [-0.3, -0.25) is 4.90 Å². The van der Waals surface area contributed by atoms with E-state index >= 15 is 0 Å². The summed E-state index contributed by atoms with van der Waals surface area (Å²) in [5.74, 6) is 0.538. The summed E-state index contributed by atoms with van der Waals surface area (Å²) >= 11 is 0. The lowest BCUT2D eigenvalue weighted by molar-refractivity contribution is 0.182. The van der Waals surface area contributed by atoms with E-state index in [4.69, 9.17) is 4.52 Å². The zero-order valence-electron chi connectivity index (χ0n) is 11.4. The monoisotopic (exact) mass is 277 g/mol. The van der Waals surface area contributed by atoms with Crippen molar-refractivity contribution in [3.63, 3.8) is 0 Å². The van der Waals surface area contributed by atoms with Crippen LogP contribution in [0.25, 0.3) is 11.4 Å². The molecule has 0 bridgehead atoms. The number of aliphatic hydroxyl groups is 1. The van der Waals surface area contributed by atoms with E-state index in [0.29, 0.717) is 35.8 Å². The number of likely N-dealkylation sites (tertiary alicyclic amines) is 1. The van der Waals surface area contributed by atoms with Crippen molar-refractivity contribution < 1.29 is 14.0 Å². The van der Waals surface area contributed by atoms with Crippen molar-refractivity contribution in [3.8, 4) is 11.4 Å². The molecule has 0 unspecified atom stereocenters. The number of halogens is 1. The molecule has 2 aromatic rings. The quantitative estimate of drug-likeness (QED) is 0.908. The fraction of sp³-hybridized carbons (Fsp3) is 0.429. The maximum atomic E-state index is 13.6. The average Bonchev–Trinajstić information content (AvgIpc) is 2.99. The van der Waals surface area contributed by atoms with Crippen molar-refractivity contribution in [2.24, 2.45) is 0 Å². The molecule has 0 aliphatic carbocycles. The van der Waals surface area contributed by atoms with Crippen molar-refractivity contribution >= 4 is 0 Å². The number of aryl methyl sites for hydroxylation is 1. The molecule has 0 saturated carbocycles. The van der Waals surface area contributed by atoms with Gasteiger partial charge in [-0.05, 0) is 32.0 Å². The number of β-amino-alcohol motifs (C(OH)–C–C–N with tert-alkyl or cyclic N) is 1. The van der Waals surface area contributed by atoms with Gasteiger partial charge in [-0.15, -0.1) is 0 Å². The minimum absolute atomic E-state index is 0.0819. The Balaban J connectivity index is 1.88. The van der Waals surface area contributed by atoms with Crippen LogP contribution in [0.5, 0.6) is 0 Å². The SMILES string of the molecule is Cc1ccc(-c2noc([C@@H]3C[C@@H](O)CN3C)n2)cc1F. The topological polar surface area (TPSA) is 62.4 Å². The minimum atomic E-state index is -0.378. The Hall–Kier alpha value is -1.79. The summed E-state index contributed by atoms with van der Waals surface area (Å²) in [5, 5.41) is 13.5. The van der Waals surface area contributed by atoms with Gasteiger partial charge < -0.3 is 9.63 Å². The Bertz CT molecular complexity index is 629. The second kappa shape index (κ2) is 4.96. The van der Waals surface area contributed by atoms with Gasteiger partial charge in [0, 0.05) is 12.1 Å². The van der Waals surface area contributed by atoms with Crippen LogP contribution in [-0.4, -0.2) is 39.8 Å². The predicted molar refractivity (Wildman–Crippen MR) is 70.4 cm³/mol. The maximum absolute atomic E-state index is 13.6. The molecule has 1 N–H and O–H groups in total. The molecule has 2 atom stereocenters. The molecule has 0 spiro atoms. The van der Waals surface area contributed by atoms with E-state index in [1.807, 2.05) is 11.9 Å². The Kier molecular flexibility index (Phi) is 3.27. The van der Waals surface area contributed by atoms with E-state index in [1.54, 1.807) is 19.1 Å². The molecule has 0 amide bonds. The van der Waals surface area contributed by atoms with E-state index in [2.05, 4.69) is 10.1 Å². The smallest absolute Gasteiger partial charge is 0.244 e. The van der Waals surface area contributed by atoms with Crippen LogP contribution < -0.4 is 0 Å². The van der Waals surface area contributed by atoms with Gasteiger partial charge in [0.25, 0.3) is 0 Å². The van der Waals surface area contributed by atoms with E-state index in [1.165, 1.54) is 6.07 Å². The first-order chi connectivity index (χ1) is 9.54. The zero-order valence-corrected chi connectivity index (χ0v) is 11.4. The third kappa shape index (κ3) is 2.32. The van der Waals surface area contributed by atoms with Gasteiger partial charge in [0.05, 0.1) is 12.1 Å². The highest BCUT2D eigenvalue weighted by molar-refractivity contribution is 5.55. The second-order valence-corrected chi connectivity index (χ2v) is 5.27. The summed E-state index contributed by atoms with van der Waals surface area (Å²) in [6, 6.07) is 4.77. The number of nitrogens with zero attached hydrogens (tertiary/aromatic N) is 3. The molecule has 5 nitrogen and oxygen atoms in total. The van der Waals surface area contributed by atoms with Gasteiger partial charge in [-0.25, -0.2) is 4.39 Å². The number of aliphatic hydroxyl groups excluding tert-OH is 1. The Morgan fingerprint density at radius 3 is 2.90 bits per heavy atom. The summed E-state index contributed by atoms with van der Waals surface area (Å²) < 4.78 is 18.8. The third-order valence-corrected chi connectivity index (χ3v) is 3.68. The summed E-state index contributed by atoms with van der Waals surface area (Å²) in [5.41, 5.74) is 1.17. The summed E-state index contributed by atoms with van der Waals surface area (Å²) in [6.07, 6.45) is 0.192. The van der Waals surface area contributed by atoms with Crippen molar-refractivity contribution in [1.82, 2.24) is 15.0 Å². The number of aromatic nitrogens is 2. The average molecular weight is 277 g/mol. The normalized spacial score (nSPS) is 23.4. The third-order valence-electron chi connectivity index (χ3n) is 3.68. The van der Waals surface area contributed by atoms with E-state index in [-0.39, 0.29) is 18.0 Å². The molecule has 106 valence electrons. The highest BCUT2D eigenvalue weighted by atomic mass is 19.1. The molecule has 20 heavy (non-hydrogen) atoms. The van der Waals surface area contributed by atoms with Crippen LogP contribution in [0.1, 0.15) is 23.9 Å². The molecular formula is C14H16FN3O2. The number of rotatable bonds is 2. The van der Waals surface area contributed by atoms with Gasteiger partial charge >= 0.3 is 0 Å². The molecular weight excluding hydrogens is 261 g/mol. The lowest BCUT2D eigenvalue weighted by Crippen LogP contribution is -2.19. The molecule has 1 aliphatic heterocycles. The lowest BCUT2D eigenvalue weighted by Gasteiger charge is -2.13. The zero-order chi connectivity index (χ0) is 14.3. The largest absolute Gasteiger partial charge is 0.392 e. The number of benzene rings is 1. The Morgan fingerprint density at radius 1 is 1.45 bits per heavy atom. The molecule has 1 aromatic heterocycles. The Morgan fingerprint density at radius 2 is 2.25 bits per heavy atom. The standard InChI is InChI=1S/C14H16FN3O2/c1-8-3-4-9(5-11(8)15)13-16-14(20-17-13)12-6-10(19)7-18(12)2/h3-5,10,12,19H,6-7H2,1-2H3/t10-,12+/m1/s1.